The standard InChI is InChI=1S/C10H7ClN2O/c11-8-3-1-2-7(4-8)10-5-9(6-12)14-13-10/h1-4,9H,5H2/t9-/m1/s1. The Kier molecular flexibility index (Phi) is 2.38. The second-order valence-electron chi connectivity index (χ2n) is 2.98. The second-order valence-corrected chi connectivity index (χ2v) is 3.41. The molecule has 1 aliphatic heterocycles. The van der Waals surface area contributed by atoms with Gasteiger partial charge in [0.25, 0.3) is 0 Å². The molecule has 0 unspecified atom stereocenters. The Balaban J connectivity index is 2.22. The fraction of sp³-hybridized carbons (Fsp3) is 0.200. The average Bonchev–Trinajstić information content (AvgIpc) is 2.66. The number of nitriles is 1. The monoisotopic (exact) mass is 206 g/mol. The highest BCUT2D eigenvalue weighted by Crippen LogP contribution is 2.18. The highest BCUT2D eigenvalue weighted by molar-refractivity contribution is 6.31. The number of oxime groups is 1. The third-order valence-electron chi connectivity index (χ3n) is 1.97. The molecule has 1 aromatic carbocycles. The number of rotatable bonds is 1. The van der Waals surface area contributed by atoms with Gasteiger partial charge in [-0.05, 0) is 12.1 Å². The first-order valence-electron chi connectivity index (χ1n) is 4.18. The molecule has 0 saturated carbocycles. The largest absolute Gasteiger partial charge is 0.376 e. The molecule has 1 heterocycles. The van der Waals surface area contributed by atoms with Gasteiger partial charge in [-0.2, -0.15) is 5.26 Å². The van der Waals surface area contributed by atoms with Crippen molar-refractivity contribution in [2.45, 2.75) is 12.5 Å². The SMILES string of the molecule is N#C[C@H]1CC(c2cccc(Cl)c2)=NO1. The molecule has 1 aromatic rings. The molecular weight excluding hydrogens is 200 g/mol. The molecule has 2 rings (SSSR count). The van der Waals surface area contributed by atoms with Crippen molar-refractivity contribution in [3.63, 3.8) is 0 Å². The topological polar surface area (TPSA) is 45.4 Å². The van der Waals surface area contributed by atoms with E-state index >= 15 is 0 Å². The minimum absolute atomic E-state index is 0.455. The van der Waals surface area contributed by atoms with Gasteiger partial charge < -0.3 is 4.84 Å². The molecule has 70 valence electrons. The van der Waals surface area contributed by atoms with E-state index in [-0.39, 0.29) is 0 Å². The van der Waals surface area contributed by atoms with Gasteiger partial charge in [0.1, 0.15) is 6.07 Å². The summed E-state index contributed by atoms with van der Waals surface area (Å²) in [6.07, 6.45) is 0.0700. The van der Waals surface area contributed by atoms with E-state index in [1.54, 1.807) is 6.07 Å². The summed E-state index contributed by atoms with van der Waals surface area (Å²) < 4.78 is 0. The summed E-state index contributed by atoms with van der Waals surface area (Å²) in [7, 11) is 0. The molecule has 0 amide bonds. The maximum absolute atomic E-state index is 8.61. The minimum atomic E-state index is -0.455. The third-order valence-corrected chi connectivity index (χ3v) is 2.21. The molecule has 0 aliphatic carbocycles. The quantitative estimate of drug-likeness (QED) is 0.708. The number of nitrogens with zero attached hydrogens (tertiary/aromatic N) is 2. The van der Waals surface area contributed by atoms with E-state index in [2.05, 4.69) is 5.16 Å². The van der Waals surface area contributed by atoms with Crippen LogP contribution in [-0.2, 0) is 4.84 Å². The molecule has 0 N–H and O–H groups in total. The van der Waals surface area contributed by atoms with Gasteiger partial charge in [0.15, 0.2) is 0 Å². The average molecular weight is 207 g/mol. The van der Waals surface area contributed by atoms with E-state index in [4.69, 9.17) is 21.7 Å². The zero-order valence-electron chi connectivity index (χ0n) is 7.27. The van der Waals surface area contributed by atoms with Crippen molar-refractivity contribution < 1.29 is 4.84 Å². The Morgan fingerprint density at radius 2 is 2.43 bits per heavy atom. The van der Waals surface area contributed by atoms with Crippen molar-refractivity contribution in [1.29, 1.82) is 5.26 Å². The van der Waals surface area contributed by atoms with Gasteiger partial charge >= 0.3 is 0 Å². The van der Waals surface area contributed by atoms with E-state index in [0.29, 0.717) is 11.4 Å². The van der Waals surface area contributed by atoms with Gasteiger partial charge in [0.2, 0.25) is 6.10 Å². The number of benzene rings is 1. The van der Waals surface area contributed by atoms with Crippen LogP contribution < -0.4 is 0 Å². The molecule has 0 radical (unpaired) electrons. The molecule has 0 aromatic heterocycles. The number of hydrogen-bond donors (Lipinski definition) is 0. The molecule has 1 atom stereocenters. The number of halogens is 1. The fourth-order valence-electron chi connectivity index (χ4n) is 1.29. The summed E-state index contributed by atoms with van der Waals surface area (Å²) in [5, 5.41) is 13.1. The summed E-state index contributed by atoms with van der Waals surface area (Å²) in [4.78, 5) is 4.89. The molecule has 0 saturated heterocycles. The smallest absolute Gasteiger partial charge is 0.218 e. The molecule has 0 fully saturated rings. The van der Waals surface area contributed by atoms with Crippen molar-refractivity contribution in [1.82, 2.24) is 0 Å². The molecule has 3 nitrogen and oxygen atoms in total. The predicted octanol–water partition coefficient (Wildman–Crippen LogP) is 2.36. The van der Waals surface area contributed by atoms with Crippen LogP contribution in [0.1, 0.15) is 12.0 Å². The van der Waals surface area contributed by atoms with E-state index in [1.165, 1.54) is 0 Å². The van der Waals surface area contributed by atoms with E-state index in [1.807, 2.05) is 24.3 Å². The van der Waals surface area contributed by atoms with Crippen LogP contribution in [0, 0.1) is 11.3 Å². The summed E-state index contributed by atoms with van der Waals surface area (Å²) in [6, 6.07) is 9.36. The highest BCUT2D eigenvalue weighted by Gasteiger charge is 2.21. The molecule has 0 spiro atoms. The highest BCUT2D eigenvalue weighted by atomic mass is 35.5. The van der Waals surface area contributed by atoms with Crippen molar-refractivity contribution in [3.8, 4) is 6.07 Å². The van der Waals surface area contributed by atoms with Crippen molar-refractivity contribution >= 4 is 17.3 Å². The normalized spacial score (nSPS) is 19.7. The van der Waals surface area contributed by atoms with E-state index in [0.717, 1.165) is 11.3 Å². The zero-order valence-corrected chi connectivity index (χ0v) is 8.03. The lowest BCUT2D eigenvalue weighted by Gasteiger charge is -1.98. The maximum atomic E-state index is 8.61. The Morgan fingerprint density at radius 3 is 3.07 bits per heavy atom. The van der Waals surface area contributed by atoms with Crippen LogP contribution in [0.15, 0.2) is 29.4 Å². The van der Waals surface area contributed by atoms with Gasteiger partial charge in [-0.3, -0.25) is 0 Å². The van der Waals surface area contributed by atoms with Crippen LogP contribution in [0.4, 0.5) is 0 Å². The molecule has 14 heavy (non-hydrogen) atoms. The van der Waals surface area contributed by atoms with Gasteiger partial charge in [0.05, 0.1) is 5.71 Å². The predicted molar refractivity (Wildman–Crippen MR) is 53.1 cm³/mol. The van der Waals surface area contributed by atoms with Crippen molar-refractivity contribution in [2.24, 2.45) is 5.16 Å². The summed E-state index contributed by atoms with van der Waals surface area (Å²) in [5.74, 6) is 0. The van der Waals surface area contributed by atoms with Gasteiger partial charge in [0, 0.05) is 17.0 Å². The van der Waals surface area contributed by atoms with Crippen LogP contribution in [0.25, 0.3) is 0 Å². The van der Waals surface area contributed by atoms with Gasteiger partial charge in [-0.25, -0.2) is 0 Å². The van der Waals surface area contributed by atoms with E-state index in [9.17, 15) is 0 Å². The van der Waals surface area contributed by atoms with Crippen LogP contribution in [-0.4, -0.2) is 11.8 Å². The molecule has 4 heteroatoms. The molecule has 1 aliphatic rings. The Bertz CT molecular complexity index is 422. The Morgan fingerprint density at radius 1 is 1.57 bits per heavy atom. The lowest BCUT2D eigenvalue weighted by atomic mass is 10.1. The van der Waals surface area contributed by atoms with Crippen LogP contribution >= 0.6 is 11.6 Å². The lowest BCUT2D eigenvalue weighted by Crippen LogP contribution is -2.04. The summed E-state index contributed by atoms with van der Waals surface area (Å²) in [6.45, 7) is 0. The van der Waals surface area contributed by atoms with Crippen molar-refractivity contribution in [3.05, 3.63) is 34.9 Å². The second kappa shape index (κ2) is 3.69. The zero-order chi connectivity index (χ0) is 9.97. The molecular formula is C10H7ClN2O. The summed E-state index contributed by atoms with van der Waals surface area (Å²) in [5.41, 5.74) is 1.69. The van der Waals surface area contributed by atoms with Crippen LogP contribution in [0.5, 0.6) is 0 Å². The van der Waals surface area contributed by atoms with Crippen LogP contribution in [0.3, 0.4) is 0 Å². The number of hydrogen-bond acceptors (Lipinski definition) is 3. The first-order valence-corrected chi connectivity index (χ1v) is 4.55. The van der Waals surface area contributed by atoms with Crippen molar-refractivity contribution in [2.75, 3.05) is 0 Å². The lowest BCUT2D eigenvalue weighted by molar-refractivity contribution is 0.125. The molecule has 0 bridgehead atoms. The third kappa shape index (κ3) is 1.70. The summed E-state index contributed by atoms with van der Waals surface area (Å²) >= 11 is 5.83. The van der Waals surface area contributed by atoms with Crippen LogP contribution in [0.2, 0.25) is 5.02 Å². The van der Waals surface area contributed by atoms with E-state index < -0.39 is 6.10 Å². The maximum Gasteiger partial charge on any atom is 0.218 e. The first-order chi connectivity index (χ1) is 6.79. The Labute approximate surface area is 86.5 Å². The van der Waals surface area contributed by atoms with Gasteiger partial charge in [-0.1, -0.05) is 28.9 Å². The fourth-order valence-corrected chi connectivity index (χ4v) is 1.48. The first kappa shape index (κ1) is 9.04. The van der Waals surface area contributed by atoms with Gasteiger partial charge in [-0.15, -0.1) is 0 Å². The minimum Gasteiger partial charge on any atom is -0.376 e. The Hall–Kier alpha value is -1.53.